The van der Waals surface area contributed by atoms with Crippen LogP contribution in [0.15, 0.2) is 200 Å². The number of aromatic nitrogens is 2. The molecule has 0 saturated heterocycles. The first-order chi connectivity index (χ1) is 25.2. The summed E-state index contributed by atoms with van der Waals surface area (Å²) in [6, 6.07) is 68.4. The van der Waals surface area contributed by atoms with Crippen molar-refractivity contribution in [2.45, 2.75) is 0 Å². The van der Waals surface area contributed by atoms with Gasteiger partial charge in [-0.25, -0.2) is 4.68 Å². The molecular weight excluding hydrogens is 640 g/mol. The van der Waals surface area contributed by atoms with Crippen molar-refractivity contribution < 1.29 is 4.57 Å². The third-order valence-corrected chi connectivity index (χ3v) is 12.8. The smallest absolute Gasteiger partial charge is 0.171 e. The van der Waals surface area contributed by atoms with E-state index in [1.54, 1.807) is 0 Å². The third kappa shape index (κ3) is 5.40. The van der Waals surface area contributed by atoms with E-state index in [0.717, 1.165) is 76.8 Å². The van der Waals surface area contributed by atoms with Crippen LogP contribution in [0.1, 0.15) is 0 Å². The highest BCUT2D eigenvalue weighted by molar-refractivity contribution is 7.85. The van der Waals surface area contributed by atoms with E-state index >= 15 is 0 Å². The molecule has 242 valence electrons. The molecule has 0 aliphatic rings. The molecule has 9 rings (SSSR count). The van der Waals surface area contributed by atoms with Crippen LogP contribution < -0.4 is 15.9 Å². The molecule has 0 atom stereocenters. The molecule has 0 radical (unpaired) electrons. The molecular formula is C47H33N2OP. The highest BCUT2D eigenvalue weighted by Crippen LogP contribution is 2.44. The van der Waals surface area contributed by atoms with Gasteiger partial charge in [0, 0.05) is 32.2 Å². The first-order valence-corrected chi connectivity index (χ1v) is 18.9. The van der Waals surface area contributed by atoms with Gasteiger partial charge in [0.1, 0.15) is 5.69 Å². The molecule has 8 aromatic carbocycles. The lowest BCUT2D eigenvalue weighted by Gasteiger charge is -2.20. The maximum absolute atomic E-state index is 15.0. The first kappa shape index (κ1) is 30.8. The fourth-order valence-corrected chi connectivity index (χ4v) is 9.87. The number of benzene rings is 8. The lowest BCUT2D eigenvalue weighted by molar-refractivity contribution is 0.592. The Hall–Kier alpha value is -6.28. The maximum Gasteiger partial charge on any atom is 0.171 e. The Balaban J connectivity index is 1.21. The van der Waals surface area contributed by atoms with Crippen molar-refractivity contribution in [3.8, 4) is 39.2 Å². The van der Waals surface area contributed by atoms with E-state index in [-0.39, 0.29) is 0 Å². The Kier molecular flexibility index (Phi) is 7.76. The van der Waals surface area contributed by atoms with Gasteiger partial charge in [-0.3, -0.25) is 0 Å². The monoisotopic (exact) mass is 672 g/mol. The Morgan fingerprint density at radius 1 is 0.431 bits per heavy atom. The molecule has 0 unspecified atom stereocenters. The molecule has 51 heavy (non-hydrogen) atoms. The van der Waals surface area contributed by atoms with Crippen LogP contribution >= 0.6 is 7.14 Å². The van der Waals surface area contributed by atoms with Gasteiger partial charge in [-0.2, -0.15) is 5.10 Å². The average Bonchev–Trinajstić information content (AvgIpc) is 3.63. The molecule has 0 aliphatic carbocycles. The Labute approximate surface area is 297 Å². The van der Waals surface area contributed by atoms with Gasteiger partial charge in [0.05, 0.1) is 11.2 Å². The van der Waals surface area contributed by atoms with E-state index in [1.807, 2.05) is 84.9 Å². The highest BCUT2D eigenvalue weighted by atomic mass is 31.2. The number of para-hydroxylation sites is 1. The van der Waals surface area contributed by atoms with E-state index in [1.165, 1.54) is 0 Å². The quantitative estimate of drug-likeness (QED) is 0.158. The van der Waals surface area contributed by atoms with Crippen LogP contribution in [-0.2, 0) is 4.57 Å². The lowest BCUT2D eigenvalue weighted by Crippen LogP contribution is -2.24. The van der Waals surface area contributed by atoms with Crippen molar-refractivity contribution in [3.63, 3.8) is 0 Å². The second kappa shape index (κ2) is 12.9. The summed E-state index contributed by atoms with van der Waals surface area (Å²) in [7, 11) is -3.06. The molecule has 0 amide bonds. The molecule has 0 bridgehead atoms. The molecule has 0 spiro atoms. The van der Waals surface area contributed by atoms with Gasteiger partial charge in [-0.05, 0) is 51.9 Å². The minimum atomic E-state index is -3.06. The summed E-state index contributed by atoms with van der Waals surface area (Å²) in [6.45, 7) is 0. The Morgan fingerprint density at radius 2 is 0.961 bits per heavy atom. The molecule has 0 N–H and O–H groups in total. The van der Waals surface area contributed by atoms with E-state index in [2.05, 4.69) is 120 Å². The molecule has 9 aromatic rings. The number of fused-ring (bicyclic) bond motifs is 3. The number of rotatable bonds is 7. The third-order valence-electron chi connectivity index (χ3n) is 9.70. The van der Waals surface area contributed by atoms with E-state index < -0.39 is 7.14 Å². The molecule has 1 aromatic heterocycles. The predicted octanol–water partition coefficient (Wildman–Crippen LogP) is 10.8. The van der Waals surface area contributed by atoms with E-state index in [4.69, 9.17) is 5.10 Å². The molecule has 0 fully saturated rings. The molecule has 3 nitrogen and oxygen atoms in total. The second-order valence-corrected chi connectivity index (χ2v) is 15.5. The van der Waals surface area contributed by atoms with Crippen LogP contribution in [-0.4, -0.2) is 9.78 Å². The van der Waals surface area contributed by atoms with Crippen LogP contribution in [0.3, 0.4) is 0 Å². The zero-order chi connectivity index (χ0) is 34.2. The lowest BCUT2D eigenvalue weighted by atomic mass is 9.92. The van der Waals surface area contributed by atoms with Crippen molar-refractivity contribution in [1.29, 1.82) is 0 Å². The van der Waals surface area contributed by atoms with Crippen molar-refractivity contribution in [1.82, 2.24) is 9.78 Å². The second-order valence-electron chi connectivity index (χ2n) is 12.7. The normalized spacial score (nSPS) is 11.6. The topological polar surface area (TPSA) is 34.9 Å². The summed E-state index contributed by atoms with van der Waals surface area (Å²) in [6.07, 6.45) is 0. The van der Waals surface area contributed by atoms with Crippen LogP contribution in [0, 0.1) is 0 Å². The fraction of sp³-hybridized carbons (Fsp3) is 0. The van der Waals surface area contributed by atoms with Gasteiger partial charge < -0.3 is 4.57 Å². The van der Waals surface area contributed by atoms with Crippen LogP contribution in [0.25, 0.3) is 60.9 Å². The van der Waals surface area contributed by atoms with Crippen molar-refractivity contribution in [2.75, 3.05) is 0 Å². The summed E-state index contributed by atoms with van der Waals surface area (Å²) >= 11 is 0. The summed E-state index contributed by atoms with van der Waals surface area (Å²) in [5.74, 6) is 0. The zero-order valence-electron chi connectivity index (χ0n) is 27.8. The number of hydrogen-bond donors (Lipinski definition) is 0. The minimum absolute atomic E-state index is 0.817. The SMILES string of the molecule is O=P(c1ccccc1)(c1ccccc1)c1ccc(-c2cccc(-c3cc4ccccc4c4c3c(-c3ccccc3)nn4-c3ccccc3)c2)cc1. The molecule has 1 heterocycles. The molecule has 0 aliphatic heterocycles. The fourth-order valence-electron chi connectivity index (χ4n) is 7.22. The summed E-state index contributed by atoms with van der Waals surface area (Å²) in [5, 5.41) is 11.2. The van der Waals surface area contributed by atoms with Crippen molar-refractivity contribution >= 4 is 44.7 Å². The standard InChI is InChI=1S/C47H33N2OP/c50-51(40-23-9-3-10-24-40,41-25-11-4-12-26-41)42-30-28-34(29-31-42)36-19-15-20-37(32-36)44-33-38-18-13-14-27-43(38)47-45(44)46(35-16-5-1-6-17-35)48-49(47)39-21-7-2-8-22-39/h1-33H. The van der Waals surface area contributed by atoms with Gasteiger partial charge in [0.15, 0.2) is 7.14 Å². The Bertz CT molecular complexity index is 2640. The largest absolute Gasteiger partial charge is 0.309 e. The summed E-state index contributed by atoms with van der Waals surface area (Å²) in [4.78, 5) is 0. The maximum atomic E-state index is 15.0. The van der Waals surface area contributed by atoms with Gasteiger partial charge in [0.2, 0.25) is 0 Å². The van der Waals surface area contributed by atoms with Crippen LogP contribution in [0.5, 0.6) is 0 Å². The van der Waals surface area contributed by atoms with Gasteiger partial charge in [0.25, 0.3) is 0 Å². The Morgan fingerprint density at radius 3 is 1.63 bits per heavy atom. The molecule has 4 heteroatoms. The van der Waals surface area contributed by atoms with Gasteiger partial charge in [-0.1, -0.05) is 176 Å². The highest BCUT2D eigenvalue weighted by Gasteiger charge is 2.29. The summed E-state index contributed by atoms with van der Waals surface area (Å²) in [5.41, 5.74) is 8.51. The predicted molar refractivity (Wildman–Crippen MR) is 214 cm³/mol. The molecule has 0 saturated carbocycles. The van der Waals surface area contributed by atoms with E-state index in [9.17, 15) is 4.57 Å². The first-order valence-electron chi connectivity index (χ1n) is 17.2. The summed E-state index contributed by atoms with van der Waals surface area (Å²) < 4.78 is 17.1. The van der Waals surface area contributed by atoms with Crippen LogP contribution in [0.4, 0.5) is 0 Å². The minimum Gasteiger partial charge on any atom is -0.309 e. The average molecular weight is 673 g/mol. The van der Waals surface area contributed by atoms with Gasteiger partial charge in [-0.15, -0.1) is 0 Å². The van der Waals surface area contributed by atoms with Crippen molar-refractivity contribution in [3.05, 3.63) is 200 Å². The van der Waals surface area contributed by atoms with Gasteiger partial charge >= 0.3 is 0 Å². The van der Waals surface area contributed by atoms with E-state index in [0.29, 0.717) is 0 Å². The van der Waals surface area contributed by atoms with Crippen molar-refractivity contribution in [2.24, 2.45) is 0 Å². The number of nitrogens with zero attached hydrogens (tertiary/aromatic N) is 2. The zero-order valence-corrected chi connectivity index (χ0v) is 28.7. The number of hydrogen-bond acceptors (Lipinski definition) is 2. The van der Waals surface area contributed by atoms with Crippen LogP contribution in [0.2, 0.25) is 0 Å².